The summed E-state index contributed by atoms with van der Waals surface area (Å²) in [5, 5.41) is 3.71. The van der Waals surface area contributed by atoms with Gasteiger partial charge in [0.1, 0.15) is 11.8 Å². The third-order valence-corrected chi connectivity index (χ3v) is 6.46. The molecule has 0 saturated heterocycles. The normalized spacial score (nSPS) is 14.8. The zero-order chi connectivity index (χ0) is 23.3. The quantitative estimate of drug-likeness (QED) is 0.599. The third kappa shape index (κ3) is 6.26. The van der Waals surface area contributed by atoms with E-state index in [-0.39, 0.29) is 31.0 Å². The maximum atomic E-state index is 13.3. The Hall–Kier alpha value is -2.53. The SMILES string of the molecule is Cc1cc(C)c(C)c(OCC(=O)N(Cc2cccc(Cl)c2)C(C)C(=O)NC2CCCC2)c1. The fraction of sp³-hybridized carbons (Fsp3) is 0.462. The van der Waals surface area contributed by atoms with Gasteiger partial charge < -0.3 is 15.0 Å². The molecule has 1 aliphatic rings. The molecule has 0 aliphatic heterocycles. The van der Waals surface area contributed by atoms with Crippen molar-refractivity contribution < 1.29 is 14.3 Å². The summed E-state index contributed by atoms with van der Waals surface area (Å²) in [4.78, 5) is 27.8. The minimum atomic E-state index is -0.619. The minimum absolute atomic E-state index is 0.130. The van der Waals surface area contributed by atoms with Crippen molar-refractivity contribution >= 4 is 23.4 Å². The number of aryl methyl sites for hydroxylation is 2. The Kier molecular flexibility index (Phi) is 8.19. The van der Waals surface area contributed by atoms with E-state index in [4.69, 9.17) is 16.3 Å². The van der Waals surface area contributed by atoms with Gasteiger partial charge in [0, 0.05) is 17.6 Å². The molecule has 32 heavy (non-hydrogen) atoms. The molecule has 2 amide bonds. The lowest BCUT2D eigenvalue weighted by Crippen LogP contribution is -2.50. The van der Waals surface area contributed by atoms with Gasteiger partial charge in [-0.2, -0.15) is 0 Å². The van der Waals surface area contributed by atoms with E-state index in [1.165, 1.54) is 0 Å². The second-order valence-electron chi connectivity index (χ2n) is 8.81. The molecule has 5 nitrogen and oxygen atoms in total. The number of rotatable bonds is 8. The highest BCUT2D eigenvalue weighted by molar-refractivity contribution is 6.30. The number of carbonyl (C=O) groups excluding carboxylic acids is 2. The minimum Gasteiger partial charge on any atom is -0.483 e. The van der Waals surface area contributed by atoms with Crippen molar-refractivity contribution in [1.29, 1.82) is 0 Å². The Morgan fingerprint density at radius 3 is 2.56 bits per heavy atom. The van der Waals surface area contributed by atoms with Gasteiger partial charge in [-0.1, -0.05) is 42.6 Å². The van der Waals surface area contributed by atoms with Gasteiger partial charge >= 0.3 is 0 Å². The van der Waals surface area contributed by atoms with E-state index < -0.39 is 6.04 Å². The molecular weight excluding hydrogens is 424 g/mol. The zero-order valence-corrected chi connectivity index (χ0v) is 20.2. The smallest absolute Gasteiger partial charge is 0.261 e. The molecule has 6 heteroatoms. The number of hydrogen-bond acceptors (Lipinski definition) is 3. The van der Waals surface area contributed by atoms with Crippen LogP contribution in [0.1, 0.15) is 54.9 Å². The van der Waals surface area contributed by atoms with E-state index in [1.807, 2.05) is 45.0 Å². The Balaban J connectivity index is 1.75. The molecule has 1 unspecified atom stereocenters. The fourth-order valence-corrected chi connectivity index (χ4v) is 4.39. The molecule has 0 spiro atoms. The number of amides is 2. The van der Waals surface area contributed by atoms with E-state index in [2.05, 4.69) is 11.4 Å². The van der Waals surface area contributed by atoms with Crippen molar-refractivity contribution in [2.45, 2.75) is 72.0 Å². The van der Waals surface area contributed by atoms with Crippen LogP contribution in [-0.2, 0) is 16.1 Å². The first kappa shape index (κ1) is 24.1. The molecule has 1 aliphatic carbocycles. The summed E-state index contributed by atoms with van der Waals surface area (Å²) in [6.07, 6.45) is 4.26. The average molecular weight is 457 g/mol. The summed E-state index contributed by atoms with van der Waals surface area (Å²) in [6.45, 7) is 7.93. The monoisotopic (exact) mass is 456 g/mol. The first-order valence-electron chi connectivity index (χ1n) is 11.3. The van der Waals surface area contributed by atoms with E-state index >= 15 is 0 Å². The van der Waals surface area contributed by atoms with Gasteiger partial charge in [-0.25, -0.2) is 0 Å². The Labute approximate surface area is 196 Å². The number of ether oxygens (including phenoxy) is 1. The number of halogens is 1. The van der Waals surface area contributed by atoms with E-state index in [0.717, 1.165) is 47.9 Å². The molecule has 0 aromatic heterocycles. The molecule has 2 aromatic carbocycles. The van der Waals surface area contributed by atoms with E-state index in [9.17, 15) is 9.59 Å². The molecule has 1 fully saturated rings. The highest BCUT2D eigenvalue weighted by atomic mass is 35.5. The van der Waals surface area contributed by atoms with Crippen molar-refractivity contribution in [1.82, 2.24) is 10.2 Å². The van der Waals surface area contributed by atoms with Crippen molar-refractivity contribution in [3.8, 4) is 5.75 Å². The van der Waals surface area contributed by atoms with Crippen LogP contribution in [0.15, 0.2) is 36.4 Å². The maximum Gasteiger partial charge on any atom is 0.261 e. The Morgan fingerprint density at radius 1 is 1.16 bits per heavy atom. The van der Waals surface area contributed by atoms with Crippen LogP contribution in [0.4, 0.5) is 0 Å². The lowest BCUT2D eigenvalue weighted by Gasteiger charge is -2.30. The maximum absolute atomic E-state index is 13.3. The van der Waals surface area contributed by atoms with Gasteiger partial charge in [-0.05, 0) is 81.0 Å². The van der Waals surface area contributed by atoms with Crippen molar-refractivity contribution in [2.24, 2.45) is 0 Å². The van der Waals surface area contributed by atoms with Crippen molar-refractivity contribution in [3.63, 3.8) is 0 Å². The van der Waals surface area contributed by atoms with Crippen LogP contribution in [0.5, 0.6) is 5.75 Å². The molecule has 1 atom stereocenters. The predicted octanol–water partition coefficient (Wildman–Crippen LogP) is 5.12. The topological polar surface area (TPSA) is 58.6 Å². The number of benzene rings is 2. The summed E-state index contributed by atoms with van der Waals surface area (Å²) in [5.41, 5.74) is 4.08. The van der Waals surface area contributed by atoms with Crippen LogP contribution in [0.2, 0.25) is 5.02 Å². The second-order valence-corrected chi connectivity index (χ2v) is 9.25. The van der Waals surface area contributed by atoms with Gasteiger partial charge in [0.05, 0.1) is 0 Å². The van der Waals surface area contributed by atoms with E-state index in [1.54, 1.807) is 17.9 Å². The molecule has 3 rings (SSSR count). The summed E-state index contributed by atoms with van der Waals surface area (Å²) >= 11 is 6.14. The summed E-state index contributed by atoms with van der Waals surface area (Å²) in [7, 11) is 0. The Morgan fingerprint density at radius 2 is 1.88 bits per heavy atom. The predicted molar refractivity (Wildman–Crippen MR) is 128 cm³/mol. The van der Waals surface area contributed by atoms with Gasteiger partial charge in [0.15, 0.2) is 6.61 Å². The van der Waals surface area contributed by atoms with Crippen LogP contribution in [0, 0.1) is 20.8 Å². The van der Waals surface area contributed by atoms with Crippen LogP contribution >= 0.6 is 11.6 Å². The molecule has 2 aromatic rings. The summed E-state index contributed by atoms with van der Waals surface area (Å²) in [5.74, 6) is 0.328. The van der Waals surface area contributed by atoms with Gasteiger partial charge in [-0.3, -0.25) is 9.59 Å². The van der Waals surface area contributed by atoms with Crippen molar-refractivity contribution in [3.05, 3.63) is 63.7 Å². The lowest BCUT2D eigenvalue weighted by atomic mass is 10.1. The largest absolute Gasteiger partial charge is 0.483 e. The summed E-state index contributed by atoms with van der Waals surface area (Å²) < 4.78 is 5.92. The van der Waals surface area contributed by atoms with Crippen LogP contribution in [0.3, 0.4) is 0 Å². The van der Waals surface area contributed by atoms with Crippen LogP contribution in [0.25, 0.3) is 0 Å². The standard InChI is InChI=1S/C26H33ClN2O3/c1-17-12-18(2)19(3)24(13-17)32-16-25(30)29(15-21-8-7-9-22(27)14-21)20(4)26(31)28-23-10-5-6-11-23/h7-9,12-14,20,23H,5-6,10-11,15-16H2,1-4H3,(H,28,31). The van der Waals surface area contributed by atoms with Gasteiger partial charge in [-0.15, -0.1) is 0 Å². The molecular formula is C26H33ClN2O3. The molecule has 172 valence electrons. The zero-order valence-electron chi connectivity index (χ0n) is 19.4. The van der Waals surface area contributed by atoms with Gasteiger partial charge in [0.2, 0.25) is 5.91 Å². The fourth-order valence-electron chi connectivity index (χ4n) is 4.18. The van der Waals surface area contributed by atoms with E-state index in [0.29, 0.717) is 10.8 Å². The first-order chi connectivity index (χ1) is 15.2. The van der Waals surface area contributed by atoms with Crippen molar-refractivity contribution in [2.75, 3.05) is 6.61 Å². The summed E-state index contributed by atoms with van der Waals surface area (Å²) in [6, 6.07) is 11.0. The molecule has 0 bridgehead atoms. The van der Waals surface area contributed by atoms with Crippen LogP contribution in [-0.4, -0.2) is 35.4 Å². The highest BCUT2D eigenvalue weighted by Crippen LogP contribution is 2.24. The number of nitrogens with zero attached hydrogens (tertiary/aromatic N) is 1. The molecule has 0 heterocycles. The number of hydrogen-bond donors (Lipinski definition) is 1. The van der Waals surface area contributed by atoms with Crippen LogP contribution < -0.4 is 10.1 Å². The molecule has 1 saturated carbocycles. The highest BCUT2D eigenvalue weighted by Gasteiger charge is 2.29. The Bertz CT molecular complexity index is 970. The lowest BCUT2D eigenvalue weighted by molar-refractivity contribution is -0.142. The number of nitrogens with one attached hydrogen (secondary N) is 1. The third-order valence-electron chi connectivity index (χ3n) is 6.23. The second kappa shape index (κ2) is 10.9. The molecule has 0 radical (unpaired) electrons. The van der Waals surface area contributed by atoms with Gasteiger partial charge in [0.25, 0.3) is 5.91 Å². The number of carbonyl (C=O) groups is 2. The first-order valence-corrected chi connectivity index (χ1v) is 11.7. The average Bonchev–Trinajstić information content (AvgIpc) is 3.26. The molecule has 1 N–H and O–H groups in total.